The molecule has 0 unspecified atom stereocenters. The Kier molecular flexibility index (Phi) is 3.74. The fourth-order valence-corrected chi connectivity index (χ4v) is 1.79. The summed E-state index contributed by atoms with van der Waals surface area (Å²) in [5.74, 6) is -0.0658. The minimum absolute atomic E-state index is 0.0658. The van der Waals surface area contributed by atoms with Crippen molar-refractivity contribution >= 4 is 11.6 Å². The Morgan fingerprint density at radius 3 is 2.72 bits per heavy atom. The Morgan fingerprint density at radius 2 is 2.11 bits per heavy atom. The van der Waals surface area contributed by atoms with Crippen molar-refractivity contribution in [2.45, 2.75) is 13.0 Å². The van der Waals surface area contributed by atoms with E-state index in [-0.39, 0.29) is 5.91 Å². The Labute approximate surface area is 106 Å². The quantitative estimate of drug-likeness (QED) is 0.844. The van der Waals surface area contributed by atoms with E-state index in [9.17, 15) is 4.79 Å². The van der Waals surface area contributed by atoms with Crippen LogP contribution in [-0.4, -0.2) is 15.7 Å². The Balaban J connectivity index is 2.03. The van der Waals surface area contributed by atoms with E-state index in [2.05, 4.69) is 10.4 Å². The normalized spacial score (nSPS) is 10.3. The average Bonchev–Trinajstić information content (AvgIpc) is 2.75. The van der Waals surface area contributed by atoms with E-state index in [0.29, 0.717) is 18.7 Å². The third-order valence-electron chi connectivity index (χ3n) is 2.68. The summed E-state index contributed by atoms with van der Waals surface area (Å²) >= 11 is 0. The lowest BCUT2D eigenvalue weighted by Gasteiger charge is -2.07. The molecule has 0 radical (unpaired) electrons. The smallest absolute Gasteiger partial charge is 0.228 e. The topological polar surface area (TPSA) is 72.9 Å². The van der Waals surface area contributed by atoms with E-state index in [4.69, 9.17) is 5.73 Å². The van der Waals surface area contributed by atoms with Gasteiger partial charge in [-0.05, 0) is 11.1 Å². The number of anilines is 1. The van der Waals surface area contributed by atoms with Crippen molar-refractivity contribution in [2.75, 3.05) is 5.32 Å². The molecule has 1 aromatic heterocycles. The van der Waals surface area contributed by atoms with Crippen molar-refractivity contribution in [1.82, 2.24) is 9.78 Å². The molecular formula is C13H16N4O. The monoisotopic (exact) mass is 244 g/mol. The highest BCUT2D eigenvalue weighted by atomic mass is 16.1. The van der Waals surface area contributed by atoms with Crippen molar-refractivity contribution in [2.24, 2.45) is 12.8 Å². The first kappa shape index (κ1) is 12.3. The van der Waals surface area contributed by atoms with Gasteiger partial charge in [0.25, 0.3) is 0 Å². The van der Waals surface area contributed by atoms with Gasteiger partial charge in [-0.15, -0.1) is 0 Å². The van der Waals surface area contributed by atoms with Gasteiger partial charge in [-0.2, -0.15) is 5.10 Å². The van der Waals surface area contributed by atoms with Crippen molar-refractivity contribution in [3.05, 3.63) is 47.8 Å². The molecule has 0 saturated carbocycles. The van der Waals surface area contributed by atoms with Crippen LogP contribution in [0.4, 0.5) is 5.69 Å². The molecule has 0 aliphatic carbocycles. The molecule has 18 heavy (non-hydrogen) atoms. The first-order valence-electron chi connectivity index (χ1n) is 5.74. The summed E-state index contributed by atoms with van der Waals surface area (Å²) in [4.78, 5) is 11.9. The molecule has 0 spiro atoms. The summed E-state index contributed by atoms with van der Waals surface area (Å²) in [6, 6.07) is 7.69. The minimum Gasteiger partial charge on any atom is -0.326 e. The van der Waals surface area contributed by atoms with E-state index in [1.807, 2.05) is 24.3 Å². The minimum atomic E-state index is -0.0658. The van der Waals surface area contributed by atoms with Gasteiger partial charge in [-0.3, -0.25) is 9.48 Å². The third kappa shape index (κ3) is 2.95. The Morgan fingerprint density at radius 1 is 1.39 bits per heavy atom. The third-order valence-corrected chi connectivity index (χ3v) is 2.68. The summed E-state index contributed by atoms with van der Waals surface area (Å²) in [7, 11) is 1.80. The highest BCUT2D eigenvalue weighted by Crippen LogP contribution is 2.10. The number of nitrogens with two attached hydrogens (primary N) is 1. The van der Waals surface area contributed by atoms with Crippen LogP contribution >= 0.6 is 0 Å². The lowest BCUT2D eigenvalue weighted by Crippen LogP contribution is -2.15. The maximum Gasteiger partial charge on any atom is 0.228 e. The van der Waals surface area contributed by atoms with Crippen molar-refractivity contribution in [3.63, 3.8) is 0 Å². The number of amides is 1. The molecule has 1 heterocycles. The molecule has 2 aromatic rings. The zero-order valence-corrected chi connectivity index (χ0v) is 10.3. The number of rotatable bonds is 4. The average molecular weight is 244 g/mol. The molecule has 0 aliphatic rings. The van der Waals surface area contributed by atoms with Crippen molar-refractivity contribution < 1.29 is 4.79 Å². The molecule has 94 valence electrons. The van der Waals surface area contributed by atoms with Crippen LogP contribution in [-0.2, 0) is 24.8 Å². The maximum atomic E-state index is 11.9. The van der Waals surface area contributed by atoms with Gasteiger partial charge in [0, 0.05) is 19.8 Å². The summed E-state index contributed by atoms with van der Waals surface area (Å²) < 4.78 is 1.64. The predicted molar refractivity (Wildman–Crippen MR) is 69.9 cm³/mol. The Bertz CT molecular complexity index is 547. The molecule has 0 aliphatic heterocycles. The lowest BCUT2D eigenvalue weighted by atomic mass is 10.0. The number of nitrogens with one attached hydrogen (secondary N) is 1. The zero-order valence-electron chi connectivity index (χ0n) is 10.3. The van der Waals surface area contributed by atoms with E-state index in [0.717, 1.165) is 11.1 Å². The van der Waals surface area contributed by atoms with Crippen LogP contribution in [0.5, 0.6) is 0 Å². The fraction of sp³-hybridized carbons (Fsp3) is 0.231. The summed E-state index contributed by atoms with van der Waals surface area (Å²) in [5, 5.41) is 6.79. The summed E-state index contributed by atoms with van der Waals surface area (Å²) in [6.07, 6.45) is 3.70. The van der Waals surface area contributed by atoms with Gasteiger partial charge in [0.2, 0.25) is 5.91 Å². The second-order valence-electron chi connectivity index (χ2n) is 4.10. The molecule has 0 saturated heterocycles. The molecule has 5 nitrogen and oxygen atoms in total. The Hall–Kier alpha value is -2.14. The number of hydrogen-bond donors (Lipinski definition) is 2. The lowest BCUT2D eigenvalue weighted by molar-refractivity contribution is -0.115. The molecule has 1 aromatic carbocycles. The predicted octanol–water partition coefficient (Wildman–Crippen LogP) is 1.06. The van der Waals surface area contributed by atoms with Crippen LogP contribution in [0, 0.1) is 0 Å². The number of benzene rings is 1. The van der Waals surface area contributed by atoms with Crippen LogP contribution in [0.2, 0.25) is 0 Å². The number of nitrogens with zero attached hydrogens (tertiary/aromatic N) is 2. The largest absolute Gasteiger partial charge is 0.326 e. The second kappa shape index (κ2) is 5.46. The van der Waals surface area contributed by atoms with Gasteiger partial charge in [0.15, 0.2) is 0 Å². The van der Waals surface area contributed by atoms with E-state index < -0.39 is 0 Å². The zero-order chi connectivity index (χ0) is 13.0. The van der Waals surface area contributed by atoms with Crippen molar-refractivity contribution in [1.29, 1.82) is 0 Å². The summed E-state index contributed by atoms with van der Waals surface area (Å²) in [6.45, 7) is 0.441. The van der Waals surface area contributed by atoms with Gasteiger partial charge in [-0.1, -0.05) is 24.3 Å². The number of carbonyl (C=O) groups excluding carboxylic acids is 1. The fourth-order valence-electron chi connectivity index (χ4n) is 1.79. The standard InChI is InChI=1S/C13H16N4O/c1-17-9-12(8-15-17)16-13(18)6-10-4-2-3-5-11(10)7-14/h2-5,8-9H,6-7,14H2,1H3,(H,16,18). The maximum absolute atomic E-state index is 11.9. The van der Waals surface area contributed by atoms with Crippen LogP contribution < -0.4 is 11.1 Å². The van der Waals surface area contributed by atoms with Gasteiger partial charge < -0.3 is 11.1 Å². The van der Waals surface area contributed by atoms with E-state index >= 15 is 0 Å². The van der Waals surface area contributed by atoms with Crippen LogP contribution in [0.3, 0.4) is 0 Å². The van der Waals surface area contributed by atoms with Crippen LogP contribution in [0.15, 0.2) is 36.7 Å². The van der Waals surface area contributed by atoms with E-state index in [1.54, 1.807) is 24.1 Å². The van der Waals surface area contributed by atoms with Crippen LogP contribution in [0.1, 0.15) is 11.1 Å². The van der Waals surface area contributed by atoms with E-state index in [1.165, 1.54) is 0 Å². The SMILES string of the molecule is Cn1cc(NC(=O)Cc2ccccc2CN)cn1. The number of hydrogen-bond acceptors (Lipinski definition) is 3. The van der Waals surface area contributed by atoms with Crippen molar-refractivity contribution in [3.8, 4) is 0 Å². The highest BCUT2D eigenvalue weighted by Gasteiger charge is 2.07. The molecule has 0 fully saturated rings. The molecule has 3 N–H and O–H groups in total. The van der Waals surface area contributed by atoms with Gasteiger partial charge in [0.05, 0.1) is 18.3 Å². The first-order chi connectivity index (χ1) is 8.69. The number of carbonyl (C=O) groups is 1. The van der Waals surface area contributed by atoms with Gasteiger partial charge in [0.1, 0.15) is 0 Å². The number of aryl methyl sites for hydroxylation is 1. The molecule has 5 heteroatoms. The molecule has 1 amide bonds. The molecule has 0 bridgehead atoms. The molecule has 2 rings (SSSR count). The first-order valence-corrected chi connectivity index (χ1v) is 5.74. The summed E-state index contributed by atoms with van der Waals surface area (Å²) in [5.41, 5.74) is 8.30. The molecular weight excluding hydrogens is 228 g/mol. The van der Waals surface area contributed by atoms with Crippen LogP contribution in [0.25, 0.3) is 0 Å². The number of aromatic nitrogens is 2. The van der Waals surface area contributed by atoms with Gasteiger partial charge in [-0.25, -0.2) is 0 Å². The molecule has 0 atom stereocenters. The second-order valence-corrected chi connectivity index (χ2v) is 4.10. The van der Waals surface area contributed by atoms with Gasteiger partial charge >= 0.3 is 0 Å². The highest BCUT2D eigenvalue weighted by molar-refractivity contribution is 5.92.